The van der Waals surface area contributed by atoms with Crippen LogP contribution in [-0.2, 0) is 16.0 Å². The second-order valence-corrected chi connectivity index (χ2v) is 4.81. The number of hydrogen-bond acceptors (Lipinski definition) is 3. The van der Waals surface area contributed by atoms with E-state index in [1.165, 1.54) is 0 Å². The van der Waals surface area contributed by atoms with Gasteiger partial charge in [-0.2, -0.15) is 0 Å². The van der Waals surface area contributed by atoms with E-state index in [1.807, 2.05) is 24.3 Å². The smallest absolute Gasteiger partial charge is 0.224 e. The molecule has 1 atom stereocenters. The maximum Gasteiger partial charge on any atom is 0.224 e. The molecule has 1 saturated heterocycles. The van der Waals surface area contributed by atoms with Gasteiger partial charge in [0.15, 0.2) is 0 Å². The van der Waals surface area contributed by atoms with Crippen molar-refractivity contribution >= 4 is 24.0 Å². The van der Waals surface area contributed by atoms with E-state index in [1.54, 1.807) is 0 Å². The van der Waals surface area contributed by atoms with Crippen LogP contribution in [0.25, 0.3) is 0 Å². The van der Waals surface area contributed by atoms with Gasteiger partial charge in [-0.25, -0.2) is 0 Å². The standard InChI is InChI=1S/C14H20N2O2.ClH/c15-13-5-3-11(4-6-13)8-14(17)16-9-12-2-1-7-18-10-12;/h3-6,12H,1-2,7-10,15H2,(H,16,17);1H. The van der Waals surface area contributed by atoms with Gasteiger partial charge >= 0.3 is 0 Å². The number of rotatable bonds is 4. The Bertz CT molecular complexity index is 389. The van der Waals surface area contributed by atoms with Crippen molar-refractivity contribution in [1.82, 2.24) is 5.32 Å². The van der Waals surface area contributed by atoms with E-state index < -0.39 is 0 Å². The molecule has 106 valence electrons. The molecule has 0 radical (unpaired) electrons. The number of halogens is 1. The highest BCUT2D eigenvalue weighted by atomic mass is 35.5. The summed E-state index contributed by atoms with van der Waals surface area (Å²) in [6.07, 6.45) is 2.65. The van der Waals surface area contributed by atoms with E-state index in [-0.39, 0.29) is 18.3 Å². The maximum atomic E-state index is 11.8. The molecule has 19 heavy (non-hydrogen) atoms. The summed E-state index contributed by atoms with van der Waals surface area (Å²) in [6, 6.07) is 7.41. The molecule has 4 nitrogen and oxygen atoms in total. The van der Waals surface area contributed by atoms with Gasteiger partial charge in [-0.3, -0.25) is 4.79 Å². The summed E-state index contributed by atoms with van der Waals surface area (Å²) in [7, 11) is 0. The highest BCUT2D eigenvalue weighted by Gasteiger charge is 2.14. The van der Waals surface area contributed by atoms with Gasteiger partial charge in [-0.15, -0.1) is 12.4 Å². The van der Waals surface area contributed by atoms with Crippen LogP contribution in [0.15, 0.2) is 24.3 Å². The third-order valence-electron chi connectivity index (χ3n) is 3.19. The normalized spacial score (nSPS) is 18.4. The van der Waals surface area contributed by atoms with Crippen LogP contribution in [0.2, 0.25) is 0 Å². The summed E-state index contributed by atoms with van der Waals surface area (Å²) in [6.45, 7) is 2.34. The monoisotopic (exact) mass is 284 g/mol. The van der Waals surface area contributed by atoms with Gasteiger partial charge in [-0.1, -0.05) is 12.1 Å². The Morgan fingerprint density at radius 2 is 2.11 bits per heavy atom. The zero-order valence-electron chi connectivity index (χ0n) is 10.9. The van der Waals surface area contributed by atoms with Gasteiger partial charge in [0.2, 0.25) is 5.91 Å². The first-order valence-electron chi connectivity index (χ1n) is 6.43. The molecule has 0 saturated carbocycles. The summed E-state index contributed by atoms with van der Waals surface area (Å²) in [5, 5.41) is 2.97. The molecule has 0 aliphatic carbocycles. The van der Waals surface area contributed by atoms with Crippen molar-refractivity contribution in [1.29, 1.82) is 0 Å². The zero-order chi connectivity index (χ0) is 12.8. The van der Waals surface area contributed by atoms with Crippen molar-refractivity contribution in [3.8, 4) is 0 Å². The highest BCUT2D eigenvalue weighted by molar-refractivity contribution is 5.85. The fourth-order valence-corrected chi connectivity index (χ4v) is 2.11. The van der Waals surface area contributed by atoms with Crippen molar-refractivity contribution < 1.29 is 9.53 Å². The van der Waals surface area contributed by atoms with Crippen LogP contribution >= 0.6 is 12.4 Å². The molecule has 0 bridgehead atoms. The van der Waals surface area contributed by atoms with Crippen molar-refractivity contribution in [3.05, 3.63) is 29.8 Å². The van der Waals surface area contributed by atoms with Gasteiger partial charge in [0.25, 0.3) is 0 Å². The van der Waals surface area contributed by atoms with Crippen LogP contribution in [-0.4, -0.2) is 25.7 Å². The Balaban J connectivity index is 0.00000180. The molecule has 1 unspecified atom stereocenters. The topological polar surface area (TPSA) is 64.4 Å². The van der Waals surface area contributed by atoms with E-state index in [0.717, 1.165) is 37.3 Å². The number of ether oxygens (including phenoxy) is 1. The van der Waals surface area contributed by atoms with Crippen molar-refractivity contribution in [2.24, 2.45) is 5.92 Å². The predicted molar refractivity (Wildman–Crippen MR) is 78.4 cm³/mol. The third kappa shape index (κ3) is 5.49. The first-order chi connectivity index (χ1) is 8.74. The molecule has 1 heterocycles. The number of carbonyl (C=O) groups excluding carboxylic acids is 1. The number of nitrogens with one attached hydrogen (secondary N) is 1. The van der Waals surface area contributed by atoms with Crippen molar-refractivity contribution in [3.63, 3.8) is 0 Å². The van der Waals surface area contributed by atoms with Crippen LogP contribution in [0.5, 0.6) is 0 Å². The Kier molecular flexibility index (Phi) is 6.67. The Morgan fingerprint density at radius 3 is 2.74 bits per heavy atom. The maximum absolute atomic E-state index is 11.8. The largest absolute Gasteiger partial charge is 0.399 e. The summed E-state index contributed by atoms with van der Waals surface area (Å²) >= 11 is 0. The lowest BCUT2D eigenvalue weighted by Gasteiger charge is -2.22. The number of nitrogens with two attached hydrogens (primary N) is 1. The lowest BCUT2D eigenvalue weighted by molar-refractivity contribution is -0.120. The lowest BCUT2D eigenvalue weighted by atomic mass is 10.0. The Morgan fingerprint density at radius 1 is 1.37 bits per heavy atom. The van der Waals surface area contributed by atoms with Crippen LogP contribution in [0.3, 0.4) is 0 Å². The second-order valence-electron chi connectivity index (χ2n) is 4.81. The van der Waals surface area contributed by atoms with E-state index in [2.05, 4.69) is 5.32 Å². The third-order valence-corrected chi connectivity index (χ3v) is 3.19. The van der Waals surface area contributed by atoms with Gasteiger partial charge in [0.1, 0.15) is 0 Å². The second kappa shape index (κ2) is 8.02. The number of benzene rings is 1. The molecule has 0 spiro atoms. The molecule has 1 amide bonds. The molecule has 1 fully saturated rings. The van der Waals surface area contributed by atoms with E-state index >= 15 is 0 Å². The minimum Gasteiger partial charge on any atom is -0.399 e. The first kappa shape index (κ1) is 15.8. The van der Waals surface area contributed by atoms with E-state index in [9.17, 15) is 4.79 Å². The van der Waals surface area contributed by atoms with E-state index in [0.29, 0.717) is 18.9 Å². The van der Waals surface area contributed by atoms with Crippen LogP contribution in [0, 0.1) is 5.92 Å². The average molecular weight is 285 g/mol. The molecular formula is C14H21ClN2O2. The zero-order valence-corrected chi connectivity index (χ0v) is 11.7. The average Bonchev–Trinajstić information content (AvgIpc) is 2.40. The van der Waals surface area contributed by atoms with Gasteiger partial charge < -0.3 is 15.8 Å². The Hall–Kier alpha value is -1.26. The summed E-state index contributed by atoms with van der Waals surface area (Å²) in [4.78, 5) is 11.8. The Labute approximate surface area is 120 Å². The van der Waals surface area contributed by atoms with Crippen molar-refractivity contribution in [2.45, 2.75) is 19.3 Å². The number of amides is 1. The summed E-state index contributed by atoms with van der Waals surface area (Å²) in [5.41, 5.74) is 7.31. The molecule has 3 N–H and O–H groups in total. The fourth-order valence-electron chi connectivity index (χ4n) is 2.11. The predicted octanol–water partition coefficient (Wildman–Crippen LogP) is 1.78. The minimum absolute atomic E-state index is 0. The number of hydrogen-bond donors (Lipinski definition) is 2. The molecule has 1 aliphatic heterocycles. The van der Waals surface area contributed by atoms with Crippen LogP contribution < -0.4 is 11.1 Å². The molecule has 1 aromatic carbocycles. The quantitative estimate of drug-likeness (QED) is 0.829. The minimum atomic E-state index is 0. The molecule has 1 aromatic rings. The fraction of sp³-hybridized carbons (Fsp3) is 0.500. The van der Waals surface area contributed by atoms with Crippen molar-refractivity contribution in [2.75, 3.05) is 25.5 Å². The first-order valence-corrected chi connectivity index (χ1v) is 6.43. The SMILES string of the molecule is Cl.Nc1ccc(CC(=O)NCC2CCCOC2)cc1. The number of nitrogen functional groups attached to an aromatic ring is 1. The lowest BCUT2D eigenvalue weighted by Crippen LogP contribution is -2.34. The molecular weight excluding hydrogens is 264 g/mol. The molecule has 5 heteroatoms. The van der Waals surface area contributed by atoms with Gasteiger partial charge in [0.05, 0.1) is 13.0 Å². The molecule has 2 rings (SSSR count). The van der Waals surface area contributed by atoms with Gasteiger partial charge in [0, 0.05) is 18.8 Å². The highest BCUT2D eigenvalue weighted by Crippen LogP contribution is 2.12. The molecule has 1 aliphatic rings. The van der Waals surface area contributed by atoms with Crippen LogP contribution in [0.1, 0.15) is 18.4 Å². The summed E-state index contributed by atoms with van der Waals surface area (Å²) < 4.78 is 5.38. The van der Waals surface area contributed by atoms with Gasteiger partial charge in [-0.05, 0) is 36.5 Å². The number of carbonyl (C=O) groups is 1. The summed E-state index contributed by atoms with van der Waals surface area (Å²) in [5.74, 6) is 0.527. The van der Waals surface area contributed by atoms with Crippen LogP contribution in [0.4, 0.5) is 5.69 Å². The van der Waals surface area contributed by atoms with E-state index in [4.69, 9.17) is 10.5 Å². The molecule has 0 aromatic heterocycles. The number of anilines is 1.